The van der Waals surface area contributed by atoms with Crippen molar-refractivity contribution in [2.45, 2.75) is 45.4 Å². The summed E-state index contributed by atoms with van der Waals surface area (Å²) < 4.78 is 1.16. The Morgan fingerprint density at radius 1 is 0.920 bits per heavy atom. The van der Waals surface area contributed by atoms with Crippen LogP contribution in [-0.4, -0.2) is 10.9 Å². The highest BCUT2D eigenvalue weighted by Gasteiger charge is 2.33. The van der Waals surface area contributed by atoms with E-state index in [0.717, 1.165) is 20.3 Å². The molecule has 0 fully saturated rings. The van der Waals surface area contributed by atoms with Crippen molar-refractivity contribution in [2.24, 2.45) is 5.16 Å². The van der Waals surface area contributed by atoms with E-state index in [4.69, 9.17) is 0 Å². The number of halogens is 1. The second-order valence-electron chi connectivity index (χ2n) is 7.94. The summed E-state index contributed by atoms with van der Waals surface area (Å²) in [7, 11) is 0. The minimum absolute atomic E-state index is 0.00746. The average molecular weight is 445 g/mol. The second kappa shape index (κ2) is 6.27. The van der Waals surface area contributed by atoms with Gasteiger partial charge in [-0.1, -0.05) is 63.2 Å². The van der Waals surface area contributed by atoms with Crippen LogP contribution >= 0.6 is 22.6 Å². The van der Waals surface area contributed by atoms with Gasteiger partial charge in [0.2, 0.25) is 0 Å². The summed E-state index contributed by atoms with van der Waals surface area (Å²) in [6.07, 6.45) is 4.59. The monoisotopic (exact) mass is 445 g/mol. The summed E-state index contributed by atoms with van der Waals surface area (Å²) in [5.41, 5.74) is 6.28. The molecule has 2 aromatic rings. The lowest BCUT2D eigenvalue weighted by molar-refractivity contribution is 0.319. The van der Waals surface area contributed by atoms with Gasteiger partial charge in [-0.3, -0.25) is 0 Å². The number of rotatable bonds is 2. The van der Waals surface area contributed by atoms with E-state index in [1.807, 2.05) is 24.3 Å². The minimum Gasteiger partial charge on any atom is -0.410 e. The summed E-state index contributed by atoms with van der Waals surface area (Å²) in [6, 6.07) is 12.5. The zero-order valence-electron chi connectivity index (χ0n) is 15.4. The first-order valence-corrected chi connectivity index (χ1v) is 9.58. The van der Waals surface area contributed by atoms with Gasteiger partial charge in [0.05, 0.1) is 0 Å². The molecule has 1 aliphatic carbocycles. The third-order valence-electron chi connectivity index (χ3n) is 5.14. The number of aryl methyl sites for hydroxylation is 1. The first-order valence-electron chi connectivity index (χ1n) is 8.50. The number of allylic oxidation sites excluding steroid dienone is 2. The average Bonchev–Trinajstić information content (AvgIpc) is 2.55. The Morgan fingerprint density at radius 3 is 1.96 bits per heavy atom. The minimum atomic E-state index is -0.0417. The van der Waals surface area contributed by atoms with Crippen LogP contribution in [0.4, 0.5) is 0 Å². The summed E-state index contributed by atoms with van der Waals surface area (Å²) in [4.78, 5) is 0. The van der Waals surface area contributed by atoms with Crippen LogP contribution in [0.15, 0.2) is 53.7 Å². The van der Waals surface area contributed by atoms with E-state index >= 15 is 0 Å². The van der Waals surface area contributed by atoms with Crippen LogP contribution in [0.25, 0.3) is 0 Å². The number of hydrogen-bond acceptors (Lipinski definition) is 2. The normalized spacial score (nSPS) is 18.1. The summed E-state index contributed by atoms with van der Waals surface area (Å²) >= 11 is 2.28. The van der Waals surface area contributed by atoms with Crippen molar-refractivity contribution in [3.8, 4) is 0 Å². The molecule has 0 amide bonds. The van der Waals surface area contributed by atoms with Gasteiger partial charge in [0, 0.05) is 25.5 Å². The standard InChI is InChI=1S/C22H24INO/c1-14-12-18-19(22(4,5)11-10-21(18,2)3)13-17(14)20(24-25)15-6-8-16(23)9-7-15/h6-13,25H,1-5H3/b24-20-. The molecule has 0 aliphatic heterocycles. The SMILES string of the molecule is Cc1cc2c(cc1/C(=N\O)c1ccc(I)cc1)C(C)(C)C=CC2(C)C. The lowest BCUT2D eigenvalue weighted by Crippen LogP contribution is -2.29. The van der Waals surface area contributed by atoms with Gasteiger partial charge in [0.25, 0.3) is 0 Å². The maximum absolute atomic E-state index is 9.74. The molecule has 0 radical (unpaired) electrons. The molecule has 3 heteroatoms. The van der Waals surface area contributed by atoms with Crippen molar-refractivity contribution in [2.75, 3.05) is 0 Å². The van der Waals surface area contributed by atoms with E-state index in [-0.39, 0.29) is 10.8 Å². The molecule has 0 heterocycles. The molecule has 0 atom stereocenters. The van der Waals surface area contributed by atoms with Gasteiger partial charge >= 0.3 is 0 Å². The largest absolute Gasteiger partial charge is 0.410 e. The Labute approximate surface area is 163 Å². The molecular weight excluding hydrogens is 421 g/mol. The molecule has 0 saturated heterocycles. The van der Waals surface area contributed by atoms with Gasteiger partial charge in [0.1, 0.15) is 5.71 Å². The van der Waals surface area contributed by atoms with Crippen LogP contribution in [0.2, 0.25) is 0 Å². The summed E-state index contributed by atoms with van der Waals surface area (Å²) in [6.45, 7) is 11.1. The van der Waals surface area contributed by atoms with Crippen molar-refractivity contribution >= 4 is 28.3 Å². The van der Waals surface area contributed by atoms with E-state index in [1.54, 1.807) is 0 Å². The van der Waals surface area contributed by atoms with E-state index < -0.39 is 0 Å². The van der Waals surface area contributed by atoms with Gasteiger partial charge in [-0.25, -0.2) is 0 Å². The van der Waals surface area contributed by atoms with Gasteiger partial charge in [0.15, 0.2) is 0 Å². The van der Waals surface area contributed by atoms with Gasteiger partial charge in [-0.15, -0.1) is 0 Å². The number of fused-ring (bicyclic) bond motifs is 1. The van der Waals surface area contributed by atoms with Crippen molar-refractivity contribution < 1.29 is 5.21 Å². The molecule has 25 heavy (non-hydrogen) atoms. The summed E-state index contributed by atoms with van der Waals surface area (Å²) in [5, 5.41) is 13.4. The Balaban J connectivity index is 2.21. The van der Waals surface area contributed by atoms with Crippen LogP contribution in [0, 0.1) is 10.5 Å². The molecule has 0 spiro atoms. The number of benzene rings is 2. The molecular formula is C22H24INO. The number of nitrogens with zero attached hydrogens (tertiary/aromatic N) is 1. The van der Waals surface area contributed by atoms with Crippen LogP contribution in [0.3, 0.4) is 0 Å². The lowest BCUT2D eigenvalue weighted by atomic mass is 9.67. The predicted molar refractivity (Wildman–Crippen MR) is 113 cm³/mol. The van der Waals surface area contributed by atoms with E-state index in [1.165, 1.54) is 11.1 Å². The Bertz CT molecular complexity index is 874. The van der Waals surface area contributed by atoms with Crippen molar-refractivity contribution in [1.82, 2.24) is 0 Å². The smallest absolute Gasteiger partial charge is 0.117 e. The predicted octanol–water partition coefficient (Wildman–Crippen LogP) is 5.95. The molecule has 130 valence electrons. The molecule has 0 saturated carbocycles. The van der Waals surface area contributed by atoms with Crippen LogP contribution in [0.1, 0.15) is 55.5 Å². The molecule has 0 bridgehead atoms. The first kappa shape index (κ1) is 18.2. The molecule has 3 rings (SSSR count). The zero-order chi connectivity index (χ0) is 18.4. The molecule has 1 N–H and O–H groups in total. The Hall–Kier alpha value is -1.62. The van der Waals surface area contributed by atoms with Crippen LogP contribution < -0.4 is 0 Å². The highest BCUT2D eigenvalue weighted by Crippen LogP contribution is 2.42. The van der Waals surface area contributed by atoms with Crippen molar-refractivity contribution in [1.29, 1.82) is 0 Å². The number of oxime groups is 1. The second-order valence-corrected chi connectivity index (χ2v) is 9.19. The fraction of sp³-hybridized carbons (Fsp3) is 0.318. The molecule has 2 nitrogen and oxygen atoms in total. The quantitative estimate of drug-likeness (QED) is 0.200. The topological polar surface area (TPSA) is 32.6 Å². The van der Waals surface area contributed by atoms with Crippen molar-refractivity contribution in [3.05, 3.63) is 79.9 Å². The molecule has 0 unspecified atom stereocenters. The van der Waals surface area contributed by atoms with E-state index in [2.05, 4.69) is 86.7 Å². The molecule has 2 aromatic carbocycles. The highest BCUT2D eigenvalue weighted by molar-refractivity contribution is 14.1. The van der Waals surface area contributed by atoms with Gasteiger partial charge < -0.3 is 5.21 Å². The van der Waals surface area contributed by atoms with Crippen molar-refractivity contribution in [3.63, 3.8) is 0 Å². The maximum atomic E-state index is 9.74. The highest BCUT2D eigenvalue weighted by atomic mass is 127. The summed E-state index contributed by atoms with van der Waals surface area (Å²) in [5.74, 6) is 0. The maximum Gasteiger partial charge on any atom is 0.117 e. The first-order chi connectivity index (χ1) is 11.7. The fourth-order valence-corrected chi connectivity index (χ4v) is 3.86. The Morgan fingerprint density at radius 2 is 1.44 bits per heavy atom. The zero-order valence-corrected chi connectivity index (χ0v) is 17.5. The number of hydrogen-bond donors (Lipinski definition) is 1. The molecule has 0 aromatic heterocycles. The van der Waals surface area contributed by atoms with Crippen LogP contribution in [-0.2, 0) is 10.8 Å². The van der Waals surface area contributed by atoms with Gasteiger partial charge in [-0.05, 0) is 64.4 Å². The Kier molecular flexibility index (Phi) is 4.56. The third-order valence-corrected chi connectivity index (χ3v) is 5.86. The lowest BCUT2D eigenvalue weighted by Gasteiger charge is -2.37. The van der Waals surface area contributed by atoms with E-state index in [9.17, 15) is 5.21 Å². The third kappa shape index (κ3) is 3.26. The molecule has 1 aliphatic rings. The fourth-order valence-electron chi connectivity index (χ4n) is 3.50. The van der Waals surface area contributed by atoms with Gasteiger partial charge in [-0.2, -0.15) is 0 Å². The van der Waals surface area contributed by atoms with Crippen LogP contribution in [0.5, 0.6) is 0 Å². The van der Waals surface area contributed by atoms with E-state index in [0.29, 0.717) is 5.71 Å².